The maximum atomic E-state index is 11.2. The number of hydrogen-bond donors (Lipinski definition) is 0. The molecule has 0 saturated carbocycles. The van der Waals surface area contributed by atoms with Gasteiger partial charge in [0.15, 0.2) is 0 Å². The Kier molecular flexibility index (Phi) is 4.56. The number of ether oxygens (including phenoxy) is 1. The van der Waals surface area contributed by atoms with Gasteiger partial charge in [0, 0.05) is 25.0 Å². The van der Waals surface area contributed by atoms with Crippen LogP contribution in [0.5, 0.6) is 0 Å². The van der Waals surface area contributed by atoms with Crippen LogP contribution in [-0.4, -0.2) is 17.1 Å². The standard InChI is InChI=1S/C16H17NO2/c1-2-19-16(18)9-8-15-10-11-17(13-15)12-14-6-4-3-5-7-14/h3-11,13H,2,12H2,1H3/b9-8+. The molecule has 2 rings (SSSR count). The molecule has 98 valence electrons. The van der Waals surface area contributed by atoms with E-state index in [4.69, 9.17) is 4.74 Å². The number of carbonyl (C=O) groups excluding carboxylic acids is 1. The van der Waals surface area contributed by atoms with Crippen LogP contribution in [0.3, 0.4) is 0 Å². The second-order valence-electron chi connectivity index (χ2n) is 4.19. The first-order valence-corrected chi connectivity index (χ1v) is 6.32. The molecule has 0 amide bonds. The van der Waals surface area contributed by atoms with Crippen molar-refractivity contribution in [3.63, 3.8) is 0 Å². The Morgan fingerprint density at radius 3 is 2.79 bits per heavy atom. The lowest BCUT2D eigenvalue weighted by atomic mass is 10.2. The van der Waals surface area contributed by atoms with E-state index < -0.39 is 0 Å². The number of hydrogen-bond acceptors (Lipinski definition) is 2. The molecule has 0 spiro atoms. The van der Waals surface area contributed by atoms with E-state index in [2.05, 4.69) is 16.7 Å². The minimum Gasteiger partial charge on any atom is -0.463 e. The van der Waals surface area contributed by atoms with Gasteiger partial charge in [-0.15, -0.1) is 0 Å². The Hall–Kier alpha value is -2.29. The first kappa shape index (κ1) is 13.1. The number of carbonyl (C=O) groups is 1. The molecule has 0 aliphatic carbocycles. The molecule has 19 heavy (non-hydrogen) atoms. The average Bonchev–Trinajstić information content (AvgIpc) is 2.86. The fraction of sp³-hybridized carbons (Fsp3) is 0.188. The Bertz CT molecular complexity index is 555. The van der Waals surface area contributed by atoms with Gasteiger partial charge in [-0.05, 0) is 30.2 Å². The van der Waals surface area contributed by atoms with Crippen molar-refractivity contribution in [2.75, 3.05) is 6.61 Å². The predicted molar refractivity (Wildman–Crippen MR) is 75.6 cm³/mol. The summed E-state index contributed by atoms with van der Waals surface area (Å²) in [5, 5.41) is 0. The zero-order valence-electron chi connectivity index (χ0n) is 11.0. The highest BCUT2D eigenvalue weighted by molar-refractivity contribution is 5.86. The van der Waals surface area contributed by atoms with E-state index in [1.807, 2.05) is 36.7 Å². The highest BCUT2D eigenvalue weighted by Crippen LogP contribution is 2.07. The maximum absolute atomic E-state index is 11.2. The van der Waals surface area contributed by atoms with Crippen LogP contribution in [0.4, 0.5) is 0 Å². The lowest BCUT2D eigenvalue weighted by Gasteiger charge is -2.01. The van der Waals surface area contributed by atoms with Crippen LogP contribution < -0.4 is 0 Å². The van der Waals surface area contributed by atoms with E-state index in [-0.39, 0.29) is 5.97 Å². The van der Waals surface area contributed by atoms with Crippen LogP contribution in [0.25, 0.3) is 6.08 Å². The lowest BCUT2D eigenvalue weighted by molar-refractivity contribution is -0.137. The predicted octanol–water partition coefficient (Wildman–Crippen LogP) is 3.11. The largest absolute Gasteiger partial charge is 0.463 e. The van der Waals surface area contributed by atoms with Crippen molar-refractivity contribution < 1.29 is 9.53 Å². The summed E-state index contributed by atoms with van der Waals surface area (Å²) in [4.78, 5) is 11.2. The highest BCUT2D eigenvalue weighted by atomic mass is 16.5. The zero-order chi connectivity index (χ0) is 13.5. The Labute approximate surface area is 113 Å². The normalized spacial score (nSPS) is 10.8. The molecule has 0 aliphatic rings. The third kappa shape index (κ3) is 4.14. The minimum atomic E-state index is -0.307. The SMILES string of the molecule is CCOC(=O)/C=C/c1ccn(Cc2ccccc2)c1. The lowest BCUT2D eigenvalue weighted by Crippen LogP contribution is -1.98. The molecule has 0 atom stereocenters. The van der Waals surface area contributed by atoms with E-state index >= 15 is 0 Å². The summed E-state index contributed by atoms with van der Waals surface area (Å²) in [5.74, 6) is -0.307. The van der Waals surface area contributed by atoms with Crippen molar-refractivity contribution in [3.05, 3.63) is 66.0 Å². The fourth-order valence-electron chi connectivity index (χ4n) is 1.81. The van der Waals surface area contributed by atoms with Crippen LogP contribution in [-0.2, 0) is 16.1 Å². The first-order valence-electron chi connectivity index (χ1n) is 6.32. The fourth-order valence-corrected chi connectivity index (χ4v) is 1.81. The van der Waals surface area contributed by atoms with Crippen molar-refractivity contribution >= 4 is 12.0 Å². The van der Waals surface area contributed by atoms with E-state index in [1.165, 1.54) is 11.6 Å². The topological polar surface area (TPSA) is 31.2 Å². The van der Waals surface area contributed by atoms with Gasteiger partial charge in [0.1, 0.15) is 0 Å². The Morgan fingerprint density at radius 1 is 1.26 bits per heavy atom. The number of rotatable bonds is 5. The van der Waals surface area contributed by atoms with Gasteiger partial charge in [-0.1, -0.05) is 30.3 Å². The van der Waals surface area contributed by atoms with Gasteiger partial charge in [-0.25, -0.2) is 4.79 Å². The summed E-state index contributed by atoms with van der Waals surface area (Å²) in [6.07, 6.45) is 7.21. The van der Waals surface area contributed by atoms with Crippen molar-refractivity contribution in [3.8, 4) is 0 Å². The van der Waals surface area contributed by atoms with Crippen LogP contribution in [0.2, 0.25) is 0 Å². The summed E-state index contributed by atoms with van der Waals surface area (Å²) in [7, 11) is 0. The first-order chi connectivity index (χ1) is 9.28. The number of esters is 1. The second-order valence-corrected chi connectivity index (χ2v) is 4.19. The maximum Gasteiger partial charge on any atom is 0.330 e. The highest BCUT2D eigenvalue weighted by Gasteiger charge is 1.97. The van der Waals surface area contributed by atoms with Gasteiger partial charge < -0.3 is 9.30 Å². The molecule has 3 nitrogen and oxygen atoms in total. The third-order valence-corrected chi connectivity index (χ3v) is 2.68. The average molecular weight is 255 g/mol. The molecule has 1 aromatic carbocycles. The minimum absolute atomic E-state index is 0.307. The molecule has 0 radical (unpaired) electrons. The molecule has 0 saturated heterocycles. The zero-order valence-corrected chi connectivity index (χ0v) is 11.0. The summed E-state index contributed by atoms with van der Waals surface area (Å²) in [6.45, 7) is 3.02. The van der Waals surface area contributed by atoms with Crippen LogP contribution in [0.1, 0.15) is 18.1 Å². The van der Waals surface area contributed by atoms with Crippen molar-refractivity contribution in [1.82, 2.24) is 4.57 Å². The van der Waals surface area contributed by atoms with Gasteiger partial charge in [-0.2, -0.15) is 0 Å². The van der Waals surface area contributed by atoms with E-state index in [1.54, 1.807) is 13.0 Å². The molecule has 0 N–H and O–H groups in total. The van der Waals surface area contributed by atoms with Crippen LogP contribution >= 0.6 is 0 Å². The summed E-state index contributed by atoms with van der Waals surface area (Å²) < 4.78 is 6.92. The molecule has 0 fully saturated rings. The molecule has 1 heterocycles. The van der Waals surface area contributed by atoms with E-state index in [0.717, 1.165) is 12.1 Å². The van der Waals surface area contributed by atoms with Crippen LogP contribution in [0, 0.1) is 0 Å². The van der Waals surface area contributed by atoms with Gasteiger partial charge in [0.25, 0.3) is 0 Å². The number of aromatic nitrogens is 1. The molecule has 3 heteroatoms. The Morgan fingerprint density at radius 2 is 2.05 bits per heavy atom. The third-order valence-electron chi connectivity index (χ3n) is 2.68. The van der Waals surface area contributed by atoms with Crippen LogP contribution in [0.15, 0.2) is 54.9 Å². The van der Waals surface area contributed by atoms with Crippen molar-refractivity contribution in [2.45, 2.75) is 13.5 Å². The van der Waals surface area contributed by atoms with Gasteiger partial charge >= 0.3 is 5.97 Å². The summed E-state index contributed by atoms with van der Waals surface area (Å²) in [6, 6.07) is 12.2. The molecule has 2 aromatic rings. The molecular formula is C16H17NO2. The number of nitrogens with zero attached hydrogens (tertiary/aromatic N) is 1. The molecular weight excluding hydrogens is 238 g/mol. The van der Waals surface area contributed by atoms with Crippen molar-refractivity contribution in [1.29, 1.82) is 0 Å². The molecule has 0 unspecified atom stereocenters. The monoisotopic (exact) mass is 255 g/mol. The van der Waals surface area contributed by atoms with E-state index in [9.17, 15) is 4.79 Å². The smallest absolute Gasteiger partial charge is 0.330 e. The second kappa shape index (κ2) is 6.59. The number of benzene rings is 1. The van der Waals surface area contributed by atoms with E-state index in [0.29, 0.717) is 6.61 Å². The van der Waals surface area contributed by atoms with Gasteiger partial charge in [0.05, 0.1) is 6.61 Å². The molecule has 1 aromatic heterocycles. The summed E-state index contributed by atoms with van der Waals surface area (Å²) in [5.41, 5.74) is 2.24. The Balaban J connectivity index is 1.97. The quantitative estimate of drug-likeness (QED) is 0.607. The van der Waals surface area contributed by atoms with Gasteiger partial charge in [0.2, 0.25) is 0 Å². The summed E-state index contributed by atoms with van der Waals surface area (Å²) >= 11 is 0. The molecule has 0 aliphatic heterocycles. The van der Waals surface area contributed by atoms with Gasteiger partial charge in [-0.3, -0.25) is 0 Å². The molecule has 0 bridgehead atoms. The van der Waals surface area contributed by atoms with Crippen molar-refractivity contribution in [2.24, 2.45) is 0 Å².